The number of nitrogens with zero attached hydrogens (tertiary/aromatic N) is 4. The Labute approximate surface area is 156 Å². The minimum atomic E-state index is 0.112. The number of aryl methyl sites for hydroxylation is 2. The molecule has 144 valence electrons. The normalized spacial score (nSPS) is 23.7. The maximum atomic E-state index is 12.8. The molecule has 2 amide bonds. The first kappa shape index (κ1) is 18.9. The van der Waals surface area contributed by atoms with Crippen LogP contribution in [0.5, 0.6) is 0 Å². The Balaban J connectivity index is 1.58. The largest absolute Gasteiger partial charge is 0.342 e. The molecule has 1 aromatic rings. The van der Waals surface area contributed by atoms with E-state index in [9.17, 15) is 9.59 Å². The smallest absolute Gasteiger partial charge is 0.224 e. The van der Waals surface area contributed by atoms with Crippen LogP contribution in [0.2, 0.25) is 0 Å². The van der Waals surface area contributed by atoms with Gasteiger partial charge in [-0.3, -0.25) is 9.59 Å². The van der Waals surface area contributed by atoms with E-state index in [1.165, 1.54) is 0 Å². The number of hydrogen-bond donors (Lipinski definition) is 0. The number of amides is 2. The number of likely N-dealkylation sites (tertiary alicyclic amines) is 2. The summed E-state index contributed by atoms with van der Waals surface area (Å²) in [5, 5.41) is 0. The molecule has 3 rings (SSSR count). The summed E-state index contributed by atoms with van der Waals surface area (Å²) in [7, 11) is 0. The van der Waals surface area contributed by atoms with Crippen molar-refractivity contribution in [1.29, 1.82) is 0 Å². The van der Waals surface area contributed by atoms with Crippen molar-refractivity contribution in [3.63, 3.8) is 0 Å². The Morgan fingerprint density at radius 2 is 2.12 bits per heavy atom. The molecule has 1 atom stereocenters. The van der Waals surface area contributed by atoms with Gasteiger partial charge in [-0.25, -0.2) is 4.98 Å². The van der Waals surface area contributed by atoms with Crippen LogP contribution in [0.15, 0.2) is 12.4 Å². The predicted molar refractivity (Wildman–Crippen MR) is 101 cm³/mol. The quantitative estimate of drug-likeness (QED) is 0.783. The molecule has 2 fully saturated rings. The Kier molecular flexibility index (Phi) is 5.99. The van der Waals surface area contributed by atoms with Gasteiger partial charge >= 0.3 is 0 Å². The van der Waals surface area contributed by atoms with Gasteiger partial charge in [-0.05, 0) is 32.6 Å². The highest BCUT2D eigenvalue weighted by atomic mass is 16.2. The van der Waals surface area contributed by atoms with Gasteiger partial charge in [-0.15, -0.1) is 0 Å². The number of imidazole rings is 1. The van der Waals surface area contributed by atoms with Crippen LogP contribution in [0, 0.1) is 12.3 Å². The molecule has 1 unspecified atom stereocenters. The average molecular weight is 361 g/mol. The lowest BCUT2D eigenvalue weighted by Gasteiger charge is -2.48. The molecule has 0 N–H and O–H groups in total. The molecule has 1 spiro atoms. The molecule has 0 aliphatic carbocycles. The lowest BCUT2D eigenvalue weighted by molar-refractivity contribution is -0.143. The number of carbonyl (C=O) groups is 2. The molecule has 2 aliphatic rings. The SMILES string of the molecule is CCCCN1CC2(CCCN(C(=O)CCn3ccnc3C)C2)CCC1=O. The summed E-state index contributed by atoms with van der Waals surface area (Å²) in [6, 6.07) is 0. The summed E-state index contributed by atoms with van der Waals surface area (Å²) in [4.78, 5) is 33.3. The molecule has 0 saturated carbocycles. The second kappa shape index (κ2) is 8.23. The fourth-order valence-corrected chi connectivity index (χ4v) is 4.42. The summed E-state index contributed by atoms with van der Waals surface area (Å²) in [5.41, 5.74) is 0.112. The number of aromatic nitrogens is 2. The average Bonchev–Trinajstić information content (AvgIpc) is 3.06. The third-order valence-corrected chi connectivity index (χ3v) is 6.03. The molecule has 1 aromatic heterocycles. The van der Waals surface area contributed by atoms with Crippen LogP contribution in [0.4, 0.5) is 0 Å². The van der Waals surface area contributed by atoms with E-state index in [1.807, 2.05) is 22.6 Å². The summed E-state index contributed by atoms with van der Waals surface area (Å²) >= 11 is 0. The molecule has 26 heavy (non-hydrogen) atoms. The molecule has 0 bridgehead atoms. The highest BCUT2D eigenvalue weighted by molar-refractivity contribution is 5.78. The van der Waals surface area contributed by atoms with E-state index < -0.39 is 0 Å². The Morgan fingerprint density at radius 3 is 2.85 bits per heavy atom. The van der Waals surface area contributed by atoms with Crippen molar-refractivity contribution in [2.45, 2.75) is 65.3 Å². The van der Waals surface area contributed by atoms with Crippen molar-refractivity contribution >= 4 is 11.8 Å². The number of unbranched alkanes of at least 4 members (excludes halogenated alkanes) is 1. The summed E-state index contributed by atoms with van der Waals surface area (Å²) in [5.74, 6) is 1.47. The fourth-order valence-electron chi connectivity index (χ4n) is 4.42. The van der Waals surface area contributed by atoms with E-state index in [-0.39, 0.29) is 11.3 Å². The topological polar surface area (TPSA) is 58.4 Å². The van der Waals surface area contributed by atoms with Gasteiger partial charge in [0.05, 0.1) is 0 Å². The fraction of sp³-hybridized carbons (Fsp3) is 0.750. The van der Waals surface area contributed by atoms with E-state index in [0.29, 0.717) is 25.3 Å². The third-order valence-electron chi connectivity index (χ3n) is 6.03. The first-order valence-corrected chi connectivity index (χ1v) is 10.1. The van der Waals surface area contributed by atoms with Crippen molar-refractivity contribution < 1.29 is 9.59 Å². The van der Waals surface area contributed by atoms with Crippen LogP contribution in [0.1, 0.15) is 57.7 Å². The molecule has 2 saturated heterocycles. The summed E-state index contributed by atoms with van der Waals surface area (Å²) in [6.07, 6.45) is 10.1. The standard InChI is InChI=1S/C20H32N4O2/c1-3-4-11-23-15-20(9-6-18(23)25)8-5-12-24(16-20)19(26)7-13-22-14-10-21-17(22)2/h10,14H,3-9,11-13,15-16H2,1-2H3. The van der Waals surface area contributed by atoms with E-state index in [0.717, 1.165) is 64.1 Å². The Morgan fingerprint density at radius 1 is 1.27 bits per heavy atom. The molecule has 0 aromatic carbocycles. The molecule has 2 aliphatic heterocycles. The highest BCUT2D eigenvalue weighted by Gasteiger charge is 2.42. The van der Waals surface area contributed by atoms with Crippen LogP contribution in [-0.2, 0) is 16.1 Å². The Hall–Kier alpha value is -1.85. The number of rotatable bonds is 6. The van der Waals surface area contributed by atoms with Crippen LogP contribution < -0.4 is 0 Å². The van der Waals surface area contributed by atoms with Gasteiger partial charge in [0.15, 0.2) is 0 Å². The van der Waals surface area contributed by atoms with Crippen molar-refractivity contribution in [3.05, 3.63) is 18.2 Å². The van der Waals surface area contributed by atoms with Crippen molar-refractivity contribution in [1.82, 2.24) is 19.4 Å². The first-order chi connectivity index (χ1) is 12.5. The molecule has 6 nitrogen and oxygen atoms in total. The minimum Gasteiger partial charge on any atom is -0.342 e. The van der Waals surface area contributed by atoms with Crippen LogP contribution in [0.25, 0.3) is 0 Å². The third kappa shape index (κ3) is 4.27. The van der Waals surface area contributed by atoms with Crippen LogP contribution in [0.3, 0.4) is 0 Å². The number of carbonyl (C=O) groups excluding carboxylic acids is 2. The Bertz CT molecular complexity index is 642. The minimum absolute atomic E-state index is 0.112. The van der Waals surface area contributed by atoms with Crippen LogP contribution in [-0.4, -0.2) is 57.3 Å². The zero-order valence-corrected chi connectivity index (χ0v) is 16.2. The maximum Gasteiger partial charge on any atom is 0.224 e. The molecule has 0 radical (unpaired) electrons. The maximum absolute atomic E-state index is 12.8. The van der Waals surface area contributed by atoms with E-state index in [1.54, 1.807) is 6.20 Å². The van der Waals surface area contributed by atoms with Gasteiger partial charge in [0, 0.05) is 63.4 Å². The monoisotopic (exact) mass is 360 g/mol. The summed E-state index contributed by atoms with van der Waals surface area (Å²) in [6.45, 7) is 8.17. The second-order valence-corrected chi connectivity index (χ2v) is 8.01. The molecule has 6 heteroatoms. The highest BCUT2D eigenvalue weighted by Crippen LogP contribution is 2.39. The predicted octanol–water partition coefficient (Wildman–Crippen LogP) is 2.61. The number of hydrogen-bond acceptors (Lipinski definition) is 3. The van der Waals surface area contributed by atoms with Crippen LogP contribution >= 0.6 is 0 Å². The van der Waals surface area contributed by atoms with Gasteiger partial charge in [-0.2, -0.15) is 0 Å². The molecular weight excluding hydrogens is 328 g/mol. The van der Waals surface area contributed by atoms with E-state index in [2.05, 4.69) is 16.8 Å². The molecular formula is C20H32N4O2. The van der Waals surface area contributed by atoms with E-state index >= 15 is 0 Å². The zero-order valence-electron chi connectivity index (χ0n) is 16.2. The van der Waals surface area contributed by atoms with Gasteiger partial charge in [0.2, 0.25) is 11.8 Å². The first-order valence-electron chi connectivity index (χ1n) is 10.1. The van der Waals surface area contributed by atoms with Crippen molar-refractivity contribution in [2.75, 3.05) is 26.2 Å². The summed E-state index contributed by atoms with van der Waals surface area (Å²) < 4.78 is 2.03. The van der Waals surface area contributed by atoms with Gasteiger partial charge in [-0.1, -0.05) is 13.3 Å². The van der Waals surface area contributed by atoms with Crippen molar-refractivity contribution in [3.8, 4) is 0 Å². The van der Waals surface area contributed by atoms with Gasteiger partial charge in [0.1, 0.15) is 5.82 Å². The van der Waals surface area contributed by atoms with E-state index in [4.69, 9.17) is 0 Å². The number of piperidine rings is 2. The van der Waals surface area contributed by atoms with Gasteiger partial charge < -0.3 is 14.4 Å². The zero-order chi connectivity index (χ0) is 18.6. The van der Waals surface area contributed by atoms with Crippen molar-refractivity contribution in [2.24, 2.45) is 5.41 Å². The molecule has 3 heterocycles. The lowest BCUT2D eigenvalue weighted by Crippen LogP contribution is -2.55. The van der Waals surface area contributed by atoms with Gasteiger partial charge in [0.25, 0.3) is 0 Å². The lowest BCUT2D eigenvalue weighted by atomic mass is 9.73. The second-order valence-electron chi connectivity index (χ2n) is 8.01.